The molecule has 3 nitrogen and oxygen atoms in total. The van der Waals surface area contributed by atoms with Gasteiger partial charge in [0, 0.05) is 0 Å². The zero-order valence-corrected chi connectivity index (χ0v) is 13.0. The maximum absolute atomic E-state index is 13.2. The van der Waals surface area contributed by atoms with Crippen LogP contribution in [0.1, 0.15) is 42.2 Å². The summed E-state index contributed by atoms with van der Waals surface area (Å²) in [6.07, 6.45) is -0.139. The highest BCUT2D eigenvalue weighted by molar-refractivity contribution is 5.77. The van der Waals surface area contributed by atoms with Gasteiger partial charge in [-0.1, -0.05) is 43.3 Å². The van der Waals surface area contributed by atoms with E-state index in [0.29, 0.717) is 11.5 Å². The standard InChI is InChI=1S/C19H20FNO2/c1-12-9-13-5-2-3-8-16(13)19(12)21-18(23)11-17(22)14-6-4-7-15(20)10-14/h2-8,10,12,17,19,22H,9,11H2,1H3,(H,21,23). The van der Waals surface area contributed by atoms with E-state index in [0.717, 1.165) is 12.0 Å². The largest absolute Gasteiger partial charge is 0.388 e. The Kier molecular flexibility index (Phi) is 4.44. The summed E-state index contributed by atoms with van der Waals surface area (Å²) in [7, 11) is 0. The third-order valence-electron chi connectivity index (χ3n) is 4.43. The van der Waals surface area contributed by atoms with Gasteiger partial charge in [-0.3, -0.25) is 4.79 Å². The first kappa shape index (κ1) is 15.7. The number of benzene rings is 2. The highest BCUT2D eigenvalue weighted by atomic mass is 19.1. The minimum absolute atomic E-state index is 0.0293. The number of hydrogen-bond acceptors (Lipinski definition) is 2. The Balaban J connectivity index is 1.66. The summed E-state index contributed by atoms with van der Waals surface area (Å²) in [6, 6.07) is 13.8. The smallest absolute Gasteiger partial charge is 0.223 e. The SMILES string of the molecule is CC1Cc2ccccc2C1NC(=O)CC(O)c1cccc(F)c1. The number of amides is 1. The van der Waals surface area contributed by atoms with Gasteiger partial charge in [0.2, 0.25) is 5.91 Å². The van der Waals surface area contributed by atoms with Crippen molar-refractivity contribution in [1.82, 2.24) is 5.32 Å². The first-order valence-electron chi connectivity index (χ1n) is 7.85. The van der Waals surface area contributed by atoms with Crippen molar-refractivity contribution in [3.05, 3.63) is 71.0 Å². The Hall–Kier alpha value is -2.20. The summed E-state index contributed by atoms with van der Waals surface area (Å²) in [6.45, 7) is 2.11. The molecular weight excluding hydrogens is 293 g/mol. The summed E-state index contributed by atoms with van der Waals surface area (Å²) < 4.78 is 13.2. The molecule has 0 bridgehead atoms. The normalized spacial score (nSPS) is 20.8. The lowest BCUT2D eigenvalue weighted by atomic mass is 10.0. The molecule has 0 heterocycles. The second-order valence-electron chi connectivity index (χ2n) is 6.20. The zero-order chi connectivity index (χ0) is 16.4. The van der Waals surface area contributed by atoms with Crippen molar-refractivity contribution in [2.45, 2.75) is 31.9 Å². The molecule has 1 aliphatic carbocycles. The molecular formula is C19H20FNO2. The predicted molar refractivity (Wildman–Crippen MR) is 86.2 cm³/mol. The molecule has 1 amide bonds. The van der Waals surface area contributed by atoms with Crippen LogP contribution in [0.25, 0.3) is 0 Å². The maximum Gasteiger partial charge on any atom is 0.223 e. The molecule has 4 heteroatoms. The Labute approximate surface area is 135 Å². The number of carbonyl (C=O) groups excluding carboxylic acids is 1. The third-order valence-corrected chi connectivity index (χ3v) is 4.43. The number of aliphatic hydroxyl groups is 1. The van der Waals surface area contributed by atoms with Crippen LogP contribution >= 0.6 is 0 Å². The van der Waals surface area contributed by atoms with Gasteiger partial charge in [0.15, 0.2) is 0 Å². The molecule has 2 aromatic carbocycles. The first-order valence-corrected chi connectivity index (χ1v) is 7.85. The van der Waals surface area contributed by atoms with Crippen molar-refractivity contribution in [3.8, 4) is 0 Å². The second-order valence-corrected chi connectivity index (χ2v) is 6.20. The topological polar surface area (TPSA) is 49.3 Å². The van der Waals surface area contributed by atoms with E-state index in [4.69, 9.17) is 0 Å². The minimum Gasteiger partial charge on any atom is -0.388 e. The summed E-state index contributed by atoms with van der Waals surface area (Å²) in [5.74, 6) is -0.321. The lowest BCUT2D eigenvalue weighted by Gasteiger charge is -2.20. The molecule has 0 aliphatic heterocycles. The molecule has 0 radical (unpaired) electrons. The van der Waals surface area contributed by atoms with Gasteiger partial charge in [0.05, 0.1) is 18.6 Å². The van der Waals surface area contributed by atoms with Crippen LogP contribution in [0.2, 0.25) is 0 Å². The van der Waals surface area contributed by atoms with E-state index in [-0.39, 0.29) is 18.4 Å². The number of fused-ring (bicyclic) bond motifs is 1. The summed E-state index contributed by atoms with van der Waals surface area (Å²) in [4.78, 5) is 12.3. The van der Waals surface area contributed by atoms with E-state index in [1.165, 1.54) is 23.8 Å². The summed E-state index contributed by atoms with van der Waals surface area (Å²) >= 11 is 0. The van der Waals surface area contributed by atoms with Crippen LogP contribution in [0, 0.1) is 11.7 Å². The zero-order valence-electron chi connectivity index (χ0n) is 13.0. The Bertz CT molecular complexity index is 716. The summed E-state index contributed by atoms with van der Waals surface area (Å²) in [5.41, 5.74) is 2.82. The van der Waals surface area contributed by atoms with Crippen LogP contribution in [0.5, 0.6) is 0 Å². The number of halogens is 1. The van der Waals surface area contributed by atoms with Crippen LogP contribution < -0.4 is 5.32 Å². The quantitative estimate of drug-likeness (QED) is 0.910. The van der Waals surface area contributed by atoms with Crippen LogP contribution in [0.3, 0.4) is 0 Å². The van der Waals surface area contributed by atoms with E-state index in [1.807, 2.05) is 18.2 Å². The fraction of sp³-hybridized carbons (Fsp3) is 0.316. The maximum atomic E-state index is 13.2. The molecule has 23 heavy (non-hydrogen) atoms. The van der Waals surface area contributed by atoms with Crippen LogP contribution in [0.4, 0.5) is 4.39 Å². The molecule has 2 aromatic rings. The Morgan fingerprint density at radius 3 is 2.87 bits per heavy atom. The van der Waals surface area contributed by atoms with Crippen LogP contribution in [0.15, 0.2) is 48.5 Å². The van der Waals surface area contributed by atoms with Crippen molar-refractivity contribution in [2.24, 2.45) is 5.92 Å². The van der Waals surface area contributed by atoms with E-state index >= 15 is 0 Å². The average Bonchev–Trinajstić information content (AvgIpc) is 2.83. The van der Waals surface area contributed by atoms with Gasteiger partial charge in [0.1, 0.15) is 5.82 Å². The van der Waals surface area contributed by atoms with Gasteiger partial charge in [-0.25, -0.2) is 4.39 Å². The van der Waals surface area contributed by atoms with Crippen molar-refractivity contribution in [3.63, 3.8) is 0 Å². The van der Waals surface area contributed by atoms with Crippen molar-refractivity contribution < 1.29 is 14.3 Å². The van der Waals surface area contributed by atoms with Gasteiger partial charge in [-0.05, 0) is 41.2 Å². The lowest BCUT2D eigenvalue weighted by molar-refractivity contribution is -0.124. The van der Waals surface area contributed by atoms with Crippen molar-refractivity contribution in [1.29, 1.82) is 0 Å². The molecule has 0 fully saturated rings. The number of nitrogens with one attached hydrogen (secondary N) is 1. The fourth-order valence-corrected chi connectivity index (χ4v) is 3.25. The van der Waals surface area contributed by atoms with Gasteiger partial charge in [0.25, 0.3) is 0 Å². The molecule has 0 saturated heterocycles. The molecule has 0 saturated carbocycles. The Morgan fingerprint density at radius 2 is 2.09 bits per heavy atom. The monoisotopic (exact) mass is 313 g/mol. The van der Waals surface area contributed by atoms with E-state index in [1.54, 1.807) is 6.07 Å². The number of aliphatic hydroxyl groups excluding tert-OH is 1. The number of rotatable bonds is 4. The lowest BCUT2D eigenvalue weighted by Crippen LogP contribution is -2.31. The molecule has 3 rings (SSSR count). The predicted octanol–water partition coefficient (Wildman–Crippen LogP) is 3.30. The minimum atomic E-state index is -1.00. The molecule has 3 atom stereocenters. The molecule has 2 N–H and O–H groups in total. The number of carbonyl (C=O) groups is 1. The Morgan fingerprint density at radius 1 is 1.30 bits per heavy atom. The van der Waals surface area contributed by atoms with Crippen molar-refractivity contribution >= 4 is 5.91 Å². The highest BCUT2D eigenvalue weighted by Gasteiger charge is 2.30. The molecule has 1 aliphatic rings. The first-order chi connectivity index (χ1) is 11.0. The van der Waals surface area contributed by atoms with Gasteiger partial charge >= 0.3 is 0 Å². The third kappa shape index (κ3) is 3.42. The van der Waals surface area contributed by atoms with Crippen LogP contribution in [-0.4, -0.2) is 11.0 Å². The summed E-state index contributed by atoms with van der Waals surface area (Å²) in [5, 5.41) is 13.1. The molecule has 120 valence electrons. The van der Waals surface area contributed by atoms with Gasteiger partial charge in [-0.2, -0.15) is 0 Å². The highest BCUT2D eigenvalue weighted by Crippen LogP contribution is 2.35. The second kappa shape index (κ2) is 6.50. The molecule has 3 unspecified atom stereocenters. The number of hydrogen-bond donors (Lipinski definition) is 2. The average molecular weight is 313 g/mol. The van der Waals surface area contributed by atoms with E-state index < -0.39 is 11.9 Å². The van der Waals surface area contributed by atoms with E-state index in [9.17, 15) is 14.3 Å². The van der Waals surface area contributed by atoms with Crippen LogP contribution in [-0.2, 0) is 11.2 Å². The fourth-order valence-electron chi connectivity index (χ4n) is 3.25. The molecule has 0 spiro atoms. The van der Waals surface area contributed by atoms with Gasteiger partial charge in [-0.15, -0.1) is 0 Å². The van der Waals surface area contributed by atoms with Crippen molar-refractivity contribution in [2.75, 3.05) is 0 Å². The van der Waals surface area contributed by atoms with E-state index in [2.05, 4.69) is 18.3 Å². The van der Waals surface area contributed by atoms with Gasteiger partial charge < -0.3 is 10.4 Å². The molecule has 0 aromatic heterocycles.